The topological polar surface area (TPSA) is 63.4 Å². The van der Waals surface area contributed by atoms with Crippen LogP contribution < -0.4 is 0 Å². The fourth-order valence-electron chi connectivity index (χ4n) is 1.43. The molecule has 0 bridgehead atoms. The molecule has 10 heavy (non-hydrogen) atoms. The van der Waals surface area contributed by atoms with Crippen LogP contribution in [0.5, 0.6) is 0 Å². The quantitative estimate of drug-likeness (QED) is 0.354. The van der Waals surface area contributed by atoms with E-state index in [2.05, 4.69) is 0 Å². The Labute approximate surface area is 59.0 Å². The molecule has 0 aromatic rings. The molecule has 1 atom stereocenters. The molecule has 0 spiro atoms. The number of rotatable bonds is 2. The summed E-state index contributed by atoms with van der Waals surface area (Å²) in [6.45, 7) is 0. The largest absolute Gasteiger partial charge is 0.333 e. The van der Waals surface area contributed by atoms with Gasteiger partial charge in [-0.2, -0.15) is 0 Å². The van der Waals surface area contributed by atoms with E-state index < -0.39 is 11.2 Å². The first-order valence-electron chi connectivity index (χ1n) is 3.53. The van der Waals surface area contributed by atoms with Crippen LogP contribution in [0.15, 0.2) is 0 Å². The second-order valence-electron chi connectivity index (χ2n) is 2.74. The zero-order valence-corrected chi connectivity index (χ0v) is 5.69. The average molecular weight is 145 g/mol. The Bertz CT molecular complexity index is 131. The van der Waals surface area contributed by atoms with Gasteiger partial charge in [-0.1, -0.05) is 12.8 Å². The van der Waals surface area contributed by atoms with E-state index in [1.807, 2.05) is 0 Å². The molecule has 4 nitrogen and oxygen atoms in total. The summed E-state index contributed by atoms with van der Waals surface area (Å²) in [7, 11) is 0. The van der Waals surface area contributed by atoms with Gasteiger partial charge in [0.2, 0.25) is 0 Å². The number of aliphatic hydroxyl groups is 1. The number of hydrogen-bond donors (Lipinski definition) is 1. The van der Waals surface area contributed by atoms with Crippen molar-refractivity contribution in [1.29, 1.82) is 0 Å². The molecule has 0 aliphatic heterocycles. The maximum absolute atomic E-state index is 10.0. The molecule has 1 aliphatic rings. The van der Waals surface area contributed by atoms with E-state index >= 15 is 0 Å². The van der Waals surface area contributed by atoms with Crippen molar-refractivity contribution in [3.05, 3.63) is 10.1 Å². The second-order valence-corrected chi connectivity index (χ2v) is 2.74. The average Bonchev–Trinajstić information content (AvgIpc) is 2.36. The van der Waals surface area contributed by atoms with E-state index in [1.165, 1.54) is 0 Å². The molecule has 1 aliphatic carbocycles. The van der Waals surface area contributed by atoms with Crippen LogP contribution in [-0.2, 0) is 0 Å². The van der Waals surface area contributed by atoms with E-state index in [9.17, 15) is 10.1 Å². The van der Waals surface area contributed by atoms with Crippen LogP contribution in [0.4, 0.5) is 0 Å². The molecule has 0 radical (unpaired) electrons. The molecule has 0 amide bonds. The number of hydrogen-bond acceptors (Lipinski definition) is 3. The summed E-state index contributed by atoms with van der Waals surface area (Å²) in [6, 6.07) is 0. The lowest BCUT2D eigenvalue weighted by atomic mass is 10.1. The maximum atomic E-state index is 10.0. The highest BCUT2D eigenvalue weighted by Gasteiger charge is 2.30. The van der Waals surface area contributed by atoms with Crippen LogP contribution in [0.3, 0.4) is 0 Å². The summed E-state index contributed by atoms with van der Waals surface area (Å²) in [5.74, 6) is -0.0880. The Kier molecular flexibility index (Phi) is 2.21. The van der Waals surface area contributed by atoms with Gasteiger partial charge < -0.3 is 5.11 Å². The van der Waals surface area contributed by atoms with Crippen LogP contribution >= 0.6 is 0 Å². The highest BCUT2D eigenvalue weighted by Crippen LogP contribution is 2.27. The summed E-state index contributed by atoms with van der Waals surface area (Å²) in [5, 5.41) is 19.0. The lowest BCUT2D eigenvalue weighted by Gasteiger charge is -2.07. The van der Waals surface area contributed by atoms with Crippen molar-refractivity contribution in [1.82, 2.24) is 0 Å². The predicted octanol–water partition coefficient (Wildman–Crippen LogP) is 0.772. The highest BCUT2D eigenvalue weighted by molar-refractivity contribution is 4.68. The van der Waals surface area contributed by atoms with Gasteiger partial charge in [0, 0.05) is 0 Å². The maximum Gasteiger partial charge on any atom is 0.315 e. The van der Waals surface area contributed by atoms with Crippen LogP contribution in [0, 0.1) is 16.0 Å². The Balaban J connectivity index is 2.39. The monoisotopic (exact) mass is 145 g/mol. The molecule has 4 heteroatoms. The van der Waals surface area contributed by atoms with Crippen LogP contribution in [0.25, 0.3) is 0 Å². The summed E-state index contributed by atoms with van der Waals surface area (Å²) < 4.78 is 0. The van der Waals surface area contributed by atoms with Gasteiger partial charge in [-0.3, -0.25) is 10.1 Å². The zero-order chi connectivity index (χ0) is 7.56. The molecule has 0 saturated heterocycles. The van der Waals surface area contributed by atoms with Crippen LogP contribution in [0.1, 0.15) is 25.7 Å². The van der Waals surface area contributed by atoms with Gasteiger partial charge in [0.05, 0.1) is 10.8 Å². The van der Waals surface area contributed by atoms with Crippen molar-refractivity contribution < 1.29 is 10.0 Å². The number of aliphatic hydroxyl groups excluding tert-OH is 1. The summed E-state index contributed by atoms with van der Waals surface area (Å²) >= 11 is 0. The smallest absolute Gasteiger partial charge is 0.315 e. The minimum Gasteiger partial charge on any atom is -0.333 e. The van der Waals surface area contributed by atoms with Crippen molar-refractivity contribution in [3.8, 4) is 0 Å². The van der Waals surface area contributed by atoms with Gasteiger partial charge >= 0.3 is 6.23 Å². The third-order valence-electron chi connectivity index (χ3n) is 2.04. The van der Waals surface area contributed by atoms with Gasteiger partial charge in [0.15, 0.2) is 0 Å². The molecule has 0 aromatic carbocycles. The molecular formula is C6H11NO3. The molecule has 1 fully saturated rings. The van der Waals surface area contributed by atoms with E-state index in [-0.39, 0.29) is 5.92 Å². The number of nitrogens with zero attached hydrogens (tertiary/aromatic N) is 1. The lowest BCUT2D eigenvalue weighted by Crippen LogP contribution is -2.26. The first-order chi connectivity index (χ1) is 4.72. The van der Waals surface area contributed by atoms with Crippen molar-refractivity contribution in [3.63, 3.8) is 0 Å². The van der Waals surface area contributed by atoms with Gasteiger partial charge in [0.1, 0.15) is 0 Å². The fourth-order valence-corrected chi connectivity index (χ4v) is 1.43. The van der Waals surface area contributed by atoms with Crippen molar-refractivity contribution >= 4 is 0 Å². The molecule has 0 heterocycles. The Morgan fingerprint density at radius 3 is 2.40 bits per heavy atom. The van der Waals surface area contributed by atoms with E-state index in [1.54, 1.807) is 0 Å². The summed E-state index contributed by atoms with van der Waals surface area (Å²) in [6.07, 6.45) is 2.35. The minimum absolute atomic E-state index is 0.0880. The first kappa shape index (κ1) is 7.47. The lowest BCUT2D eigenvalue weighted by molar-refractivity contribution is -0.580. The summed E-state index contributed by atoms with van der Waals surface area (Å²) in [5.41, 5.74) is 0. The van der Waals surface area contributed by atoms with Crippen molar-refractivity contribution in [2.24, 2.45) is 5.92 Å². The van der Waals surface area contributed by atoms with Crippen LogP contribution in [0.2, 0.25) is 0 Å². The van der Waals surface area contributed by atoms with E-state index in [0.717, 1.165) is 25.7 Å². The van der Waals surface area contributed by atoms with Crippen LogP contribution in [-0.4, -0.2) is 16.3 Å². The SMILES string of the molecule is O=[N+]([O-])C(O)C1CCCC1. The van der Waals surface area contributed by atoms with Crippen molar-refractivity contribution in [2.45, 2.75) is 31.9 Å². The second kappa shape index (κ2) is 2.96. The Morgan fingerprint density at radius 1 is 1.50 bits per heavy atom. The predicted molar refractivity (Wildman–Crippen MR) is 35.0 cm³/mol. The van der Waals surface area contributed by atoms with Crippen molar-refractivity contribution in [2.75, 3.05) is 0 Å². The van der Waals surface area contributed by atoms with E-state index in [4.69, 9.17) is 5.11 Å². The molecule has 1 N–H and O–H groups in total. The first-order valence-corrected chi connectivity index (χ1v) is 3.53. The molecule has 1 saturated carbocycles. The van der Waals surface area contributed by atoms with Gasteiger partial charge in [-0.25, -0.2) is 0 Å². The zero-order valence-electron chi connectivity index (χ0n) is 5.69. The third-order valence-corrected chi connectivity index (χ3v) is 2.04. The normalized spacial score (nSPS) is 22.9. The minimum atomic E-state index is -1.32. The molecular weight excluding hydrogens is 134 g/mol. The molecule has 1 unspecified atom stereocenters. The standard InChI is InChI=1S/C6H11NO3/c8-6(7(9)10)5-3-1-2-4-5/h5-6,8H,1-4H2. The van der Waals surface area contributed by atoms with Gasteiger partial charge in [-0.05, 0) is 12.8 Å². The fraction of sp³-hybridized carbons (Fsp3) is 1.00. The third kappa shape index (κ3) is 1.44. The van der Waals surface area contributed by atoms with E-state index in [0.29, 0.717) is 0 Å². The molecule has 1 rings (SSSR count). The summed E-state index contributed by atoms with van der Waals surface area (Å²) in [4.78, 5) is 9.44. The number of nitro groups is 1. The van der Waals surface area contributed by atoms with Gasteiger partial charge in [0.25, 0.3) is 0 Å². The molecule has 58 valence electrons. The highest BCUT2D eigenvalue weighted by atomic mass is 16.7. The Morgan fingerprint density at radius 2 is 2.00 bits per heavy atom. The Hall–Kier alpha value is -0.640. The van der Waals surface area contributed by atoms with Gasteiger partial charge in [-0.15, -0.1) is 0 Å². The molecule has 0 aromatic heterocycles.